The predicted molar refractivity (Wildman–Crippen MR) is 68.9 cm³/mol. The lowest BCUT2D eigenvalue weighted by Gasteiger charge is -2.32. The van der Waals surface area contributed by atoms with Gasteiger partial charge < -0.3 is 4.90 Å². The zero-order chi connectivity index (χ0) is 14.2. The molecule has 0 bridgehead atoms. The van der Waals surface area contributed by atoms with Gasteiger partial charge in [0.1, 0.15) is 5.82 Å². The Morgan fingerprint density at radius 3 is 2.74 bits per heavy atom. The Labute approximate surface area is 117 Å². The monoisotopic (exact) mass is 335 g/mol. The first-order chi connectivity index (χ1) is 8.82. The number of amides is 1. The van der Waals surface area contributed by atoms with Crippen LogP contribution in [0.1, 0.15) is 28.8 Å². The molecule has 0 unspecified atom stereocenters. The molecule has 0 aromatic heterocycles. The van der Waals surface area contributed by atoms with Crippen molar-refractivity contribution in [3.8, 4) is 0 Å². The topological polar surface area (TPSA) is 20.3 Å². The van der Waals surface area contributed by atoms with E-state index in [1.807, 2.05) is 0 Å². The molecule has 1 aromatic carbocycles. The molecule has 19 heavy (non-hydrogen) atoms. The fourth-order valence-electron chi connectivity index (χ4n) is 2.21. The number of rotatable bonds is 1. The van der Waals surface area contributed by atoms with E-state index >= 15 is 0 Å². The molecule has 6 heteroatoms. The highest BCUT2D eigenvalue weighted by Crippen LogP contribution is 2.29. The fourth-order valence-corrected chi connectivity index (χ4v) is 2.54. The largest absolute Gasteiger partial charge is 0.333 e. The number of likely N-dealkylation sites (tertiary alicyclic amines) is 1. The summed E-state index contributed by atoms with van der Waals surface area (Å²) >= 11 is 3.21. The third-order valence-electron chi connectivity index (χ3n) is 3.24. The molecular weight excluding hydrogens is 323 g/mol. The van der Waals surface area contributed by atoms with Gasteiger partial charge in [0.15, 0.2) is 0 Å². The van der Waals surface area contributed by atoms with Crippen LogP contribution in [0.3, 0.4) is 0 Å². The summed E-state index contributed by atoms with van der Waals surface area (Å²) in [7, 11) is 0. The molecule has 1 amide bonds. The SMILES string of the molecule is Cc1c(Br)ccc(F)c1C(=O)N1CCCC(F)(F)C1. The molecule has 1 fully saturated rings. The van der Waals surface area contributed by atoms with Crippen LogP contribution in [-0.2, 0) is 0 Å². The van der Waals surface area contributed by atoms with Crippen molar-refractivity contribution in [3.05, 3.63) is 33.5 Å². The second-order valence-corrected chi connectivity index (χ2v) is 5.57. The van der Waals surface area contributed by atoms with Crippen molar-refractivity contribution in [2.24, 2.45) is 0 Å². The summed E-state index contributed by atoms with van der Waals surface area (Å²) in [6.07, 6.45) is 0.00411. The highest BCUT2D eigenvalue weighted by Gasteiger charge is 2.38. The Morgan fingerprint density at radius 2 is 2.11 bits per heavy atom. The zero-order valence-corrected chi connectivity index (χ0v) is 11.9. The van der Waals surface area contributed by atoms with E-state index in [2.05, 4.69) is 15.9 Å². The molecule has 1 aliphatic rings. The van der Waals surface area contributed by atoms with E-state index in [0.29, 0.717) is 10.0 Å². The van der Waals surface area contributed by atoms with E-state index < -0.39 is 24.2 Å². The Bertz CT molecular complexity index is 519. The predicted octanol–water partition coefficient (Wildman–Crippen LogP) is 3.77. The summed E-state index contributed by atoms with van der Waals surface area (Å²) in [6.45, 7) is 1.18. The van der Waals surface area contributed by atoms with Gasteiger partial charge in [-0.25, -0.2) is 13.2 Å². The van der Waals surface area contributed by atoms with Gasteiger partial charge in [-0.15, -0.1) is 0 Å². The number of piperidine rings is 1. The van der Waals surface area contributed by atoms with Crippen LogP contribution in [0.15, 0.2) is 16.6 Å². The van der Waals surface area contributed by atoms with Gasteiger partial charge in [-0.05, 0) is 31.0 Å². The first-order valence-corrected chi connectivity index (χ1v) is 6.73. The minimum absolute atomic E-state index is 0.132. The summed E-state index contributed by atoms with van der Waals surface area (Å²) < 4.78 is 41.0. The van der Waals surface area contributed by atoms with Crippen LogP contribution in [0.5, 0.6) is 0 Å². The lowest BCUT2D eigenvalue weighted by molar-refractivity contribution is -0.0561. The quantitative estimate of drug-likeness (QED) is 0.765. The number of carbonyl (C=O) groups is 1. The zero-order valence-electron chi connectivity index (χ0n) is 10.4. The molecule has 0 atom stereocenters. The third kappa shape index (κ3) is 2.94. The standard InChI is InChI=1S/C13H13BrF3NO/c1-8-9(14)3-4-10(15)11(8)12(19)18-6-2-5-13(16,17)7-18/h3-4H,2,5-7H2,1H3. The van der Waals surface area contributed by atoms with Crippen LogP contribution in [0.4, 0.5) is 13.2 Å². The lowest BCUT2D eigenvalue weighted by atomic mass is 10.0. The maximum Gasteiger partial charge on any atom is 0.265 e. The van der Waals surface area contributed by atoms with E-state index in [4.69, 9.17) is 0 Å². The average Bonchev–Trinajstić information content (AvgIpc) is 2.33. The number of carbonyl (C=O) groups excluding carboxylic acids is 1. The first-order valence-electron chi connectivity index (χ1n) is 5.93. The van der Waals surface area contributed by atoms with Gasteiger partial charge in [0.2, 0.25) is 0 Å². The molecule has 1 aliphatic heterocycles. The number of halogens is 4. The van der Waals surface area contributed by atoms with Crippen LogP contribution in [0.2, 0.25) is 0 Å². The molecular formula is C13H13BrF3NO. The minimum Gasteiger partial charge on any atom is -0.333 e. The van der Waals surface area contributed by atoms with Crippen LogP contribution < -0.4 is 0 Å². The molecule has 2 rings (SSSR count). The summed E-state index contributed by atoms with van der Waals surface area (Å²) in [5, 5.41) is 0. The van der Waals surface area contributed by atoms with Crippen molar-refractivity contribution in [2.45, 2.75) is 25.7 Å². The van der Waals surface area contributed by atoms with Gasteiger partial charge in [0.25, 0.3) is 11.8 Å². The van der Waals surface area contributed by atoms with Gasteiger partial charge in [-0.1, -0.05) is 15.9 Å². The van der Waals surface area contributed by atoms with Crippen molar-refractivity contribution in [1.29, 1.82) is 0 Å². The molecule has 0 N–H and O–H groups in total. The molecule has 0 radical (unpaired) electrons. The number of nitrogens with zero attached hydrogens (tertiary/aromatic N) is 1. The van der Waals surface area contributed by atoms with Crippen molar-refractivity contribution in [3.63, 3.8) is 0 Å². The summed E-state index contributed by atoms with van der Waals surface area (Å²) in [5.74, 6) is -4.24. The average molecular weight is 336 g/mol. The van der Waals surface area contributed by atoms with Crippen molar-refractivity contribution in [2.75, 3.05) is 13.1 Å². The van der Waals surface area contributed by atoms with E-state index in [1.54, 1.807) is 6.92 Å². The minimum atomic E-state index is -2.88. The Morgan fingerprint density at radius 1 is 1.42 bits per heavy atom. The molecule has 0 spiro atoms. The number of hydrogen-bond acceptors (Lipinski definition) is 1. The Balaban J connectivity index is 2.32. The second-order valence-electron chi connectivity index (χ2n) is 4.72. The molecule has 0 saturated carbocycles. The highest BCUT2D eigenvalue weighted by molar-refractivity contribution is 9.10. The van der Waals surface area contributed by atoms with Gasteiger partial charge in [-0.2, -0.15) is 0 Å². The smallest absolute Gasteiger partial charge is 0.265 e. The van der Waals surface area contributed by atoms with Crippen molar-refractivity contribution in [1.82, 2.24) is 4.90 Å². The van der Waals surface area contributed by atoms with E-state index in [0.717, 1.165) is 11.0 Å². The first kappa shape index (κ1) is 14.4. The van der Waals surface area contributed by atoms with Gasteiger partial charge in [0.05, 0.1) is 12.1 Å². The van der Waals surface area contributed by atoms with Gasteiger partial charge in [-0.3, -0.25) is 4.79 Å². The van der Waals surface area contributed by atoms with Gasteiger partial charge in [0, 0.05) is 17.4 Å². The van der Waals surface area contributed by atoms with Crippen LogP contribution in [0.25, 0.3) is 0 Å². The summed E-state index contributed by atoms with van der Waals surface area (Å²) in [6, 6.07) is 2.65. The summed E-state index contributed by atoms with van der Waals surface area (Å²) in [5.41, 5.74) is 0.297. The maximum atomic E-state index is 13.8. The fraction of sp³-hybridized carbons (Fsp3) is 0.462. The lowest BCUT2D eigenvalue weighted by Crippen LogP contribution is -2.46. The Kier molecular flexibility index (Phi) is 3.90. The van der Waals surface area contributed by atoms with Crippen LogP contribution in [0, 0.1) is 12.7 Å². The van der Waals surface area contributed by atoms with E-state index in [9.17, 15) is 18.0 Å². The third-order valence-corrected chi connectivity index (χ3v) is 4.10. The normalized spacial score (nSPS) is 18.5. The molecule has 104 valence electrons. The van der Waals surface area contributed by atoms with Crippen molar-refractivity contribution >= 4 is 21.8 Å². The summed E-state index contributed by atoms with van der Waals surface area (Å²) in [4.78, 5) is 13.2. The Hall–Kier alpha value is -1.04. The highest BCUT2D eigenvalue weighted by atomic mass is 79.9. The molecule has 0 aliphatic carbocycles. The second kappa shape index (κ2) is 5.15. The van der Waals surface area contributed by atoms with E-state index in [-0.39, 0.29) is 24.9 Å². The van der Waals surface area contributed by atoms with Crippen LogP contribution >= 0.6 is 15.9 Å². The maximum absolute atomic E-state index is 13.8. The van der Waals surface area contributed by atoms with E-state index in [1.165, 1.54) is 6.07 Å². The van der Waals surface area contributed by atoms with Crippen molar-refractivity contribution < 1.29 is 18.0 Å². The number of alkyl halides is 2. The number of hydrogen-bond donors (Lipinski definition) is 0. The van der Waals surface area contributed by atoms with Crippen LogP contribution in [-0.4, -0.2) is 29.8 Å². The molecule has 1 aromatic rings. The molecule has 1 heterocycles. The number of benzene rings is 1. The van der Waals surface area contributed by atoms with Gasteiger partial charge >= 0.3 is 0 Å². The molecule has 1 saturated heterocycles. The molecule has 2 nitrogen and oxygen atoms in total.